The highest BCUT2D eigenvalue weighted by Crippen LogP contribution is 2.36. The number of hydrogen-bond acceptors (Lipinski definition) is 7. The quantitative estimate of drug-likeness (QED) is 0.638. The van der Waals surface area contributed by atoms with E-state index in [2.05, 4.69) is 30.0 Å². The van der Waals surface area contributed by atoms with Crippen molar-refractivity contribution in [3.8, 4) is 6.01 Å². The van der Waals surface area contributed by atoms with E-state index >= 15 is 0 Å². The van der Waals surface area contributed by atoms with Crippen molar-refractivity contribution in [2.24, 2.45) is 4.99 Å². The fraction of sp³-hybridized carbons (Fsp3) is 0.444. The molecular weight excluding hydrogens is 430 g/mol. The van der Waals surface area contributed by atoms with Crippen LogP contribution in [0.25, 0.3) is 0 Å². The summed E-state index contributed by atoms with van der Waals surface area (Å²) >= 11 is 0. The van der Waals surface area contributed by atoms with Crippen LogP contribution in [-0.2, 0) is 6.54 Å². The van der Waals surface area contributed by atoms with Crippen LogP contribution in [0.4, 0.5) is 43.9 Å². The molecule has 31 heavy (non-hydrogen) atoms. The van der Waals surface area contributed by atoms with E-state index in [0.717, 1.165) is 11.1 Å². The van der Waals surface area contributed by atoms with E-state index in [4.69, 9.17) is 0 Å². The van der Waals surface area contributed by atoms with Crippen LogP contribution < -0.4 is 15.0 Å². The van der Waals surface area contributed by atoms with E-state index in [0.29, 0.717) is 25.3 Å². The molecule has 2 aromatic rings. The first-order valence-electron chi connectivity index (χ1n) is 9.22. The predicted molar refractivity (Wildman–Crippen MR) is 101 cm³/mol. The molecule has 1 aromatic heterocycles. The molecule has 1 aromatic carbocycles. The fourth-order valence-electron chi connectivity index (χ4n) is 2.84. The first-order chi connectivity index (χ1) is 14.5. The van der Waals surface area contributed by atoms with Crippen molar-refractivity contribution in [2.75, 3.05) is 23.3 Å². The van der Waals surface area contributed by atoms with E-state index in [1.807, 2.05) is 0 Å². The van der Waals surface area contributed by atoms with Crippen LogP contribution >= 0.6 is 0 Å². The second-order valence-electron chi connectivity index (χ2n) is 6.50. The average molecular weight is 448 g/mol. The first kappa shape index (κ1) is 22.6. The van der Waals surface area contributed by atoms with Gasteiger partial charge in [-0.2, -0.15) is 41.3 Å². The van der Waals surface area contributed by atoms with Gasteiger partial charge in [0.25, 0.3) is 6.10 Å². The van der Waals surface area contributed by atoms with Gasteiger partial charge in [-0.05, 0) is 37.1 Å². The Kier molecular flexibility index (Phi) is 6.23. The maximum absolute atomic E-state index is 12.9. The zero-order valence-corrected chi connectivity index (χ0v) is 16.4. The minimum absolute atomic E-state index is 0.120. The van der Waals surface area contributed by atoms with Gasteiger partial charge in [-0.3, -0.25) is 4.99 Å². The van der Waals surface area contributed by atoms with Gasteiger partial charge >= 0.3 is 18.4 Å². The van der Waals surface area contributed by atoms with E-state index in [1.54, 1.807) is 38.3 Å². The Morgan fingerprint density at radius 2 is 1.71 bits per heavy atom. The van der Waals surface area contributed by atoms with Gasteiger partial charge in [0.05, 0.1) is 6.54 Å². The van der Waals surface area contributed by atoms with Gasteiger partial charge < -0.3 is 15.0 Å². The number of ether oxygens (including phenoxy) is 1. The van der Waals surface area contributed by atoms with Crippen molar-refractivity contribution in [1.82, 2.24) is 15.0 Å². The summed E-state index contributed by atoms with van der Waals surface area (Å²) < 4.78 is 81.7. The SMILES string of the molecule is CCN(CC)c1nc(Nc2ccc3c(c2)CN=C3)nc(OC(C(F)(F)F)C(F)(F)F)n1. The number of anilines is 3. The van der Waals surface area contributed by atoms with Crippen LogP contribution in [0.2, 0.25) is 0 Å². The minimum Gasteiger partial charge on any atom is -0.440 e. The summed E-state index contributed by atoms with van der Waals surface area (Å²) in [7, 11) is 0. The molecule has 1 aliphatic heterocycles. The minimum atomic E-state index is -5.70. The molecule has 2 heterocycles. The summed E-state index contributed by atoms with van der Waals surface area (Å²) in [5.74, 6) is -0.376. The highest BCUT2D eigenvalue weighted by Gasteiger charge is 2.59. The normalized spacial score (nSPS) is 13.5. The Morgan fingerprint density at radius 3 is 2.32 bits per heavy atom. The summed E-state index contributed by atoms with van der Waals surface area (Å²) in [5, 5.41) is 2.78. The summed E-state index contributed by atoms with van der Waals surface area (Å²) in [6, 6.07) is 4.06. The van der Waals surface area contributed by atoms with Crippen molar-refractivity contribution in [3.63, 3.8) is 0 Å². The molecule has 0 unspecified atom stereocenters. The van der Waals surface area contributed by atoms with Crippen molar-refractivity contribution >= 4 is 23.8 Å². The van der Waals surface area contributed by atoms with Gasteiger partial charge in [-0.15, -0.1) is 0 Å². The molecule has 1 N–H and O–H groups in total. The Balaban J connectivity index is 1.96. The third-order valence-corrected chi connectivity index (χ3v) is 4.36. The van der Waals surface area contributed by atoms with Gasteiger partial charge in [-0.25, -0.2) is 0 Å². The van der Waals surface area contributed by atoms with Gasteiger partial charge in [0.2, 0.25) is 11.9 Å². The van der Waals surface area contributed by atoms with Gasteiger partial charge in [-0.1, -0.05) is 6.07 Å². The Morgan fingerprint density at radius 1 is 1.03 bits per heavy atom. The highest BCUT2D eigenvalue weighted by atomic mass is 19.4. The summed E-state index contributed by atoms with van der Waals surface area (Å²) in [4.78, 5) is 17.1. The average Bonchev–Trinajstić information content (AvgIpc) is 3.13. The van der Waals surface area contributed by atoms with Crippen molar-refractivity contribution in [3.05, 3.63) is 29.3 Å². The van der Waals surface area contributed by atoms with Crippen LogP contribution in [0.15, 0.2) is 23.2 Å². The molecule has 7 nitrogen and oxygen atoms in total. The molecule has 1 aliphatic rings. The number of benzene rings is 1. The predicted octanol–water partition coefficient (Wildman–Crippen LogP) is 4.27. The maximum Gasteiger partial charge on any atom is 0.434 e. The monoisotopic (exact) mass is 448 g/mol. The second kappa shape index (κ2) is 8.55. The zero-order valence-electron chi connectivity index (χ0n) is 16.4. The molecule has 0 spiro atoms. The number of nitrogens with zero attached hydrogens (tertiary/aromatic N) is 5. The molecule has 0 atom stereocenters. The Bertz CT molecular complexity index is 944. The number of aliphatic imine (C=N–C) groups is 1. The number of rotatable bonds is 7. The third-order valence-electron chi connectivity index (χ3n) is 4.36. The number of alkyl halides is 6. The number of nitrogens with one attached hydrogen (secondary N) is 1. The molecule has 0 bridgehead atoms. The molecule has 0 amide bonds. The van der Waals surface area contributed by atoms with E-state index < -0.39 is 24.5 Å². The van der Waals surface area contributed by atoms with Crippen molar-refractivity contribution in [2.45, 2.75) is 38.8 Å². The molecule has 0 saturated carbocycles. The molecule has 168 valence electrons. The zero-order chi connectivity index (χ0) is 22.8. The highest BCUT2D eigenvalue weighted by molar-refractivity contribution is 5.85. The van der Waals surface area contributed by atoms with Crippen LogP contribution in [0.1, 0.15) is 25.0 Å². The molecular formula is C18H18F6N6O. The lowest BCUT2D eigenvalue weighted by Gasteiger charge is -2.24. The van der Waals surface area contributed by atoms with Gasteiger partial charge in [0.15, 0.2) is 0 Å². The summed E-state index contributed by atoms with van der Waals surface area (Å²) in [6.45, 7) is 4.64. The van der Waals surface area contributed by atoms with Gasteiger partial charge in [0.1, 0.15) is 0 Å². The Hall–Kier alpha value is -3.12. The third kappa shape index (κ3) is 5.33. The summed E-state index contributed by atoms with van der Waals surface area (Å²) in [6.07, 6.45) is -13.8. The largest absolute Gasteiger partial charge is 0.440 e. The van der Waals surface area contributed by atoms with E-state index in [-0.39, 0.29) is 11.9 Å². The fourth-order valence-corrected chi connectivity index (χ4v) is 2.84. The van der Waals surface area contributed by atoms with Crippen molar-refractivity contribution < 1.29 is 31.1 Å². The number of fused-ring (bicyclic) bond motifs is 1. The van der Waals surface area contributed by atoms with Gasteiger partial charge in [0, 0.05) is 25.0 Å². The lowest BCUT2D eigenvalue weighted by Crippen LogP contribution is -2.47. The topological polar surface area (TPSA) is 75.5 Å². The number of aromatic nitrogens is 3. The Labute approximate surface area is 173 Å². The number of hydrogen-bond donors (Lipinski definition) is 1. The van der Waals surface area contributed by atoms with E-state index in [1.165, 1.54) is 4.90 Å². The molecule has 0 saturated heterocycles. The van der Waals surface area contributed by atoms with Crippen LogP contribution in [-0.4, -0.2) is 52.7 Å². The standard InChI is InChI=1S/C18H18F6N6O/c1-3-30(4-2)15-27-14(26-12-6-5-10-8-25-9-11(10)7-12)28-16(29-15)31-13(17(19,20)21)18(22,23)24/h5-8,13H,3-4,9H2,1-2H3,(H,26,27,28,29). The molecule has 0 fully saturated rings. The van der Waals surface area contributed by atoms with Crippen molar-refractivity contribution in [1.29, 1.82) is 0 Å². The molecule has 0 radical (unpaired) electrons. The number of halogens is 6. The van der Waals surface area contributed by atoms with Crippen LogP contribution in [0.5, 0.6) is 6.01 Å². The van der Waals surface area contributed by atoms with E-state index in [9.17, 15) is 26.3 Å². The molecule has 0 aliphatic carbocycles. The second-order valence-corrected chi connectivity index (χ2v) is 6.50. The lowest BCUT2D eigenvalue weighted by atomic mass is 10.1. The maximum atomic E-state index is 12.9. The van der Waals surface area contributed by atoms with Crippen LogP contribution in [0, 0.1) is 0 Å². The lowest BCUT2D eigenvalue weighted by molar-refractivity contribution is -0.301. The molecule has 13 heteroatoms. The smallest absolute Gasteiger partial charge is 0.434 e. The van der Waals surface area contributed by atoms with Crippen LogP contribution in [0.3, 0.4) is 0 Å². The first-order valence-corrected chi connectivity index (χ1v) is 9.22. The summed E-state index contributed by atoms with van der Waals surface area (Å²) in [5.41, 5.74) is 2.29. The molecule has 3 rings (SSSR count).